The Balaban J connectivity index is 0.00000200. The lowest BCUT2D eigenvalue weighted by Crippen LogP contribution is -2.48. The molecule has 3 nitrogen and oxygen atoms in total. The van der Waals surface area contributed by atoms with Gasteiger partial charge in [-0.05, 0) is 19.9 Å². The van der Waals surface area contributed by atoms with Crippen LogP contribution in [0.4, 0.5) is 8.78 Å². The van der Waals surface area contributed by atoms with Gasteiger partial charge in [0.2, 0.25) is 0 Å². The second-order valence-corrected chi connectivity index (χ2v) is 4.80. The molecule has 1 fully saturated rings. The minimum absolute atomic E-state index is 0. The van der Waals surface area contributed by atoms with Crippen LogP contribution in [0.3, 0.4) is 0 Å². The van der Waals surface area contributed by atoms with Crippen LogP contribution in [0.5, 0.6) is 0 Å². The summed E-state index contributed by atoms with van der Waals surface area (Å²) in [7, 11) is 1.85. The van der Waals surface area contributed by atoms with Gasteiger partial charge in [-0.1, -0.05) is 30.3 Å². The molecule has 1 aliphatic rings. The second-order valence-electron chi connectivity index (χ2n) is 4.80. The lowest BCUT2D eigenvalue weighted by molar-refractivity contribution is -0.160. The van der Waals surface area contributed by atoms with Gasteiger partial charge >= 0.3 is 5.92 Å². The summed E-state index contributed by atoms with van der Waals surface area (Å²) < 4.78 is 28.2. The van der Waals surface area contributed by atoms with E-state index in [9.17, 15) is 13.6 Å². The second kappa shape index (κ2) is 6.99. The number of likely N-dealkylation sites (tertiary alicyclic amines) is 1. The molecule has 2 rings (SSSR count). The maximum absolute atomic E-state index is 14.1. The van der Waals surface area contributed by atoms with Crippen LogP contribution in [-0.4, -0.2) is 37.0 Å². The highest BCUT2D eigenvalue weighted by atomic mass is 35.5. The Hall–Kier alpha value is -1.20. The fourth-order valence-corrected chi connectivity index (χ4v) is 2.34. The molecule has 1 heterocycles. The molecule has 0 bridgehead atoms. The maximum atomic E-state index is 14.1. The summed E-state index contributed by atoms with van der Waals surface area (Å²) in [6.45, 7) is 0.763. The highest BCUT2D eigenvalue weighted by molar-refractivity contribution is 5.85. The summed E-state index contributed by atoms with van der Waals surface area (Å²) in [6.07, 6.45) is 1.43. The summed E-state index contributed by atoms with van der Waals surface area (Å²) in [5, 5.41) is 3.11. The zero-order chi connectivity index (χ0) is 13.9. The number of benzene rings is 1. The minimum Gasteiger partial charge on any atom is -0.337 e. The summed E-state index contributed by atoms with van der Waals surface area (Å²) >= 11 is 0. The molecule has 0 unspecified atom stereocenters. The first-order valence-corrected chi connectivity index (χ1v) is 6.45. The molecule has 1 amide bonds. The molecule has 1 N–H and O–H groups in total. The fraction of sp³-hybridized carbons (Fsp3) is 0.500. The first-order chi connectivity index (χ1) is 9.05. The van der Waals surface area contributed by atoms with Crippen molar-refractivity contribution >= 4 is 18.3 Å². The Morgan fingerprint density at radius 3 is 2.30 bits per heavy atom. The molecule has 1 aromatic rings. The molecule has 1 aromatic carbocycles. The molecule has 0 saturated carbocycles. The largest absolute Gasteiger partial charge is 0.349 e. The van der Waals surface area contributed by atoms with Crippen molar-refractivity contribution in [2.24, 2.45) is 0 Å². The molecular weight excluding hydrogens is 286 g/mol. The van der Waals surface area contributed by atoms with Gasteiger partial charge < -0.3 is 10.2 Å². The van der Waals surface area contributed by atoms with Crippen LogP contribution >= 0.6 is 12.4 Å². The van der Waals surface area contributed by atoms with Crippen molar-refractivity contribution in [1.29, 1.82) is 0 Å². The lowest BCUT2D eigenvalue weighted by Gasteiger charge is -2.33. The van der Waals surface area contributed by atoms with Crippen molar-refractivity contribution in [3.63, 3.8) is 0 Å². The Bertz CT molecular complexity index is 434. The van der Waals surface area contributed by atoms with Crippen LogP contribution in [0, 0.1) is 0 Å². The smallest absolute Gasteiger partial charge is 0.337 e. The molecule has 1 aliphatic heterocycles. The van der Waals surface area contributed by atoms with E-state index in [1.807, 2.05) is 7.05 Å². The zero-order valence-electron chi connectivity index (χ0n) is 11.3. The minimum atomic E-state index is -3.44. The third-order valence-corrected chi connectivity index (χ3v) is 3.60. The van der Waals surface area contributed by atoms with Crippen molar-refractivity contribution in [3.8, 4) is 0 Å². The fourth-order valence-electron chi connectivity index (χ4n) is 2.34. The van der Waals surface area contributed by atoms with Gasteiger partial charge in [0.05, 0.1) is 0 Å². The summed E-state index contributed by atoms with van der Waals surface area (Å²) in [5.41, 5.74) is -0.240. The molecule has 0 aromatic heterocycles. The van der Waals surface area contributed by atoms with E-state index < -0.39 is 11.8 Å². The van der Waals surface area contributed by atoms with Crippen LogP contribution in [0.1, 0.15) is 18.4 Å². The number of hydrogen-bond donors (Lipinski definition) is 1. The number of piperidine rings is 1. The number of rotatable bonds is 3. The van der Waals surface area contributed by atoms with Gasteiger partial charge in [0.15, 0.2) is 0 Å². The van der Waals surface area contributed by atoms with E-state index in [1.54, 1.807) is 6.07 Å². The van der Waals surface area contributed by atoms with E-state index in [0.29, 0.717) is 32.0 Å². The molecule has 20 heavy (non-hydrogen) atoms. The Morgan fingerprint density at radius 1 is 1.25 bits per heavy atom. The van der Waals surface area contributed by atoms with Crippen molar-refractivity contribution in [3.05, 3.63) is 35.9 Å². The van der Waals surface area contributed by atoms with E-state index >= 15 is 0 Å². The molecular formula is C14H19ClF2N2O. The van der Waals surface area contributed by atoms with E-state index in [-0.39, 0.29) is 18.0 Å². The number of halogens is 3. The van der Waals surface area contributed by atoms with Crippen molar-refractivity contribution < 1.29 is 13.6 Å². The molecule has 0 atom stereocenters. The molecule has 0 radical (unpaired) electrons. The Kier molecular flexibility index (Phi) is 5.89. The van der Waals surface area contributed by atoms with Crippen molar-refractivity contribution in [2.75, 3.05) is 20.1 Å². The number of nitrogens with one attached hydrogen (secondary N) is 1. The third kappa shape index (κ3) is 3.46. The van der Waals surface area contributed by atoms with Gasteiger partial charge in [0, 0.05) is 24.7 Å². The monoisotopic (exact) mass is 304 g/mol. The normalized spacial score (nSPS) is 16.6. The van der Waals surface area contributed by atoms with Gasteiger partial charge in [-0.2, -0.15) is 8.78 Å². The zero-order valence-corrected chi connectivity index (χ0v) is 12.1. The van der Waals surface area contributed by atoms with Gasteiger partial charge in [-0.3, -0.25) is 4.79 Å². The summed E-state index contributed by atoms with van der Waals surface area (Å²) in [6, 6.07) is 7.58. The van der Waals surface area contributed by atoms with E-state index in [2.05, 4.69) is 5.32 Å². The maximum Gasteiger partial charge on any atom is 0.349 e. The van der Waals surface area contributed by atoms with Crippen LogP contribution in [-0.2, 0) is 10.7 Å². The SMILES string of the molecule is CNC1CCN(C(=O)C(F)(F)c2ccccc2)CC1.Cl. The first kappa shape index (κ1) is 16.9. The van der Waals surface area contributed by atoms with Crippen molar-refractivity contribution in [2.45, 2.75) is 24.8 Å². The van der Waals surface area contributed by atoms with Gasteiger partial charge in [0.1, 0.15) is 0 Å². The van der Waals surface area contributed by atoms with Crippen LogP contribution < -0.4 is 5.32 Å². The van der Waals surface area contributed by atoms with Crippen LogP contribution in [0.25, 0.3) is 0 Å². The van der Waals surface area contributed by atoms with Crippen LogP contribution in [0.15, 0.2) is 30.3 Å². The quantitative estimate of drug-likeness (QED) is 0.930. The average molecular weight is 305 g/mol. The number of hydrogen-bond acceptors (Lipinski definition) is 2. The number of carbonyl (C=O) groups excluding carboxylic acids is 1. The van der Waals surface area contributed by atoms with E-state index in [4.69, 9.17) is 0 Å². The third-order valence-electron chi connectivity index (χ3n) is 3.60. The highest BCUT2D eigenvalue weighted by Crippen LogP contribution is 2.31. The number of alkyl halides is 2. The first-order valence-electron chi connectivity index (χ1n) is 6.45. The van der Waals surface area contributed by atoms with Gasteiger partial charge in [-0.15, -0.1) is 12.4 Å². The van der Waals surface area contributed by atoms with Gasteiger partial charge in [0.25, 0.3) is 5.91 Å². The van der Waals surface area contributed by atoms with Gasteiger partial charge in [-0.25, -0.2) is 0 Å². The highest BCUT2D eigenvalue weighted by Gasteiger charge is 2.44. The van der Waals surface area contributed by atoms with Crippen LogP contribution in [0.2, 0.25) is 0 Å². The molecule has 0 spiro atoms. The van der Waals surface area contributed by atoms with E-state index in [0.717, 1.165) is 0 Å². The predicted octanol–water partition coefficient (Wildman–Crippen LogP) is 2.41. The predicted molar refractivity (Wildman–Crippen MR) is 76.2 cm³/mol. The number of carbonyl (C=O) groups is 1. The molecule has 1 saturated heterocycles. The van der Waals surface area contributed by atoms with E-state index in [1.165, 1.54) is 29.2 Å². The Labute approximate surface area is 123 Å². The summed E-state index contributed by atoms with van der Waals surface area (Å²) in [5.74, 6) is -4.53. The topological polar surface area (TPSA) is 32.3 Å². The van der Waals surface area contributed by atoms with Crippen molar-refractivity contribution in [1.82, 2.24) is 10.2 Å². The Morgan fingerprint density at radius 2 is 1.80 bits per heavy atom. The molecule has 112 valence electrons. The standard InChI is InChI=1S/C14H18F2N2O.ClH/c1-17-12-7-9-18(10-8-12)13(19)14(15,16)11-5-3-2-4-6-11;/h2-6,12,17H,7-10H2,1H3;1H. The number of nitrogens with zero attached hydrogens (tertiary/aromatic N) is 1. The summed E-state index contributed by atoms with van der Waals surface area (Å²) in [4.78, 5) is 13.2. The molecule has 0 aliphatic carbocycles. The molecule has 6 heteroatoms. The lowest BCUT2D eigenvalue weighted by atomic mass is 10.0. The number of amides is 1. The average Bonchev–Trinajstić information content (AvgIpc) is 2.47.